The molecule has 0 amide bonds. The predicted molar refractivity (Wildman–Crippen MR) is 81.2 cm³/mol. The van der Waals surface area contributed by atoms with Gasteiger partial charge in [0, 0.05) is 13.0 Å². The molecular formula is C15H23BrN2O. The molecule has 3 nitrogen and oxygen atoms in total. The molecule has 1 aromatic heterocycles. The standard InChI is InChI=1S/C15H23BrN2O/c1-3-13-15(16)14(18(4-2)17-13)10-11-7-5-6-8-12(19)9-11/h9,12,19H,3-8,10H2,1-2H3. The number of hydrogen-bond donors (Lipinski definition) is 1. The van der Waals surface area contributed by atoms with Crippen LogP contribution < -0.4 is 0 Å². The first-order chi connectivity index (χ1) is 9.15. The highest BCUT2D eigenvalue weighted by Gasteiger charge is 2.17. The van der Waals surface area contributed by atoms with Crippen LogP contribution in [-0.4, -0.2) is 21.0 Å². The molecular weight excluding hydrogens is 304 g/mol. The molecule has 1 aliphatic carbocycles. The van der Waals surface area contributed by atoms with E-state index in [1.165, 1.54) is 17.7 Å². The lowest BCUT2D eigenvalue weighted by molar-refractivity contribution is 0.211. The van der Waals surface area contributed by atoms with Crippen molar-refractivity contribution in [3.05, 3.63) is 27.5 Å². The summed E-state index contributed by atoms with van der Waals surface area (Å²) in [6, 6.07) is 0. The highest BCUT2D eigenvalue weighted by Crippen LogP contribution is 2.27. The average Bonchev–Trinajstić information content (AvgIpc) is 2.57. The quantitative estimate of drug-likeness (QED) is 0.858. The van der Waals surface area contributed by atoms with Crippen molar-refractivity contribution < 1.29 is 5.11 Å². The summed E-state index contributed by atoms with van der Waals surface area (Å²) in [4.78, 5) is 0. The molecule has 1 atom stereocenters. The Morgan fingerprint density at radius 2 is 2.21 bits per heavy atom. The van der Waals surface area contributed by atoms with Gasteiger partial charge in [-0.2, -0.15) is 5.10 Å². The third-order valence-electron chi connectivity index (χ3n) is 3.76. The molecule has 19 heavy (non-hydrogen) atoms. The molecule has 0 saturated heterocycles. The molecule has 0 saturated carbocycles. The third-order valence-corrected chi connectivity index (χ3v) is 4.68. The first-order valence-corrected chi connectivity index (χ1v) is 8.06. The molecule has 4 heteroatoms. The van der Waals surface area contributed by atoms with E-state index in [4.69, 9.17) is 0 Å². The number of hydrogen-bond acceptors (Lipinski definition) is 2. The Hall–Kier alpha value is -0.610. The number of nitrogens with zero attached hydrogens (tertiary/aromatic N) is 2. The smallest absolute Gasteiger partial charge is 0.0766 e. The maximum absolute atomic E-state index is 9.87. The molecule has 1 unspecified atom stereocenters. The van der Waals surface area contributed by atoms with Crippen molar-refractivity contribution in [3.8, 4) is 0 Å². The van der Waals surface area contributed by atoms with Gasteiger partial charge in [0.25, 0.3) is 0 Å². The van der Waals surface area contributed by atoms with E-state index in [-0.39, 0.29) is 6.10 Å². The molecule has 106 valence electrons. The number of aromatic nitrogens is 2. The SMILES string of the molecule is CCc1nn(CC)c(CC2=CC(O)CCCC2)c1Br. The Balaban J connectivity index is 2.24. The lowest BCUT2D eigenvalue weighted by Gasteiger charge is -2.09. The Morgan fingerprint density at radius 3 is 2.89 bits per heavy atom. The summed E-state index contributed by atoms with van der Waals surface area (Å²) >= 11 is 3.69. The van der Waals surface area contributed by atoms with Gasteiger partial charge in [-0.3, -0.25) is 4.68 Å². The van der Waals surface area contributed by atoms with Crippen LogP contribution in [0, 0.1) is 0 Å². The fourth-order valence-corrected chi connectivity index (χ4v) is 3.40. The Labute approximate surface area is 123 Å². The minimum absolute atomic E-state index is 0.264. The van der Waals surface area contributed by atoms with Crippen LogP contribution in [0.2, 0.25) is 0 Å². The van der Waals surface area contributed by atoms with E-state index in [1.54, 1.807) is 0 Å². The zero-order chi connectivity index (χ0) is 13.8. The maximum Gasteiger partial charge on any atom is 0.0766 e. The maximum atomic E-state index is 9.87. The Bertz CT molecular complexity index is 465. The molecule has 1 aromatic rings. The second-order valence-corrected chi connectivity index (χ2v) is 5.98. The molecule has 2 rings (SSSR count). The Kier molecular flexibility index (Phi) is 5.22. The lowest BCUT2D eigenvalue weighted by atomic mass is 10.0. The van der Waals surface area contributed by atoms with Crippen LogP contribution in [0.4, 0.5) is 0 Å². The summed E-state index contributed by atoms with van der Waals surface area (Å²) in [5, 5.41) is 14.5. The summed E-state index contributed by atoms with van der Waals surface area (Å²) < 4.78 is 3.23. The zero-order valence-electron chi connectivity index (χ0n) is 11.8. The summed E-state index contributed by atoms with van der Waals surface area (Å²) in [7, 11) is 0. The van der Waals surface area contributed by atoms with Crippen LogP contribution in [0.25, 0.3) is 0 Å². The van der Waals surface area contributed by atoms with Gasteiger partial charge in [-0.1, -0.05) is 25.0 Å². The van der Waals surface area contributed by atoms with Crippen LogP contribution in [0.5, 0.6) is 0 Å². The van der Waals surface area contributed by atoms with Crippen LogP contribution in [0.3, 0.4) is 0 Å². The van der Waals surface area contributed by atoms with Crippen molar-refractivity contribution in [2.45, 2.75) is 65.0 Å². The minimum atomic E-state index is -0.264. The van der Waals surface area contributed by atoms with Crippen molar-refractivity contribution in [2.24, 2.45) is 0 Å². The Morgan fingerprint density at radius 1 is 1.42 bits per heavy atom. The van der Waals surface area contributed by atoms with Crippen molar-refractivity contribution in [1.82, 2.24) is 9.78 Å². The van der Waals surface area contributed by atoms with Gasteiger partial charge in [0.05, 0.1) is 22.0 Å². The molecule has 1 N–H and O–H groups in total. The number of allylic oxidation sites excluding steroid dienone is 1. The van der Waals surface area contributed by atoms with Crippen molar-refractivity contribution in [2.75, 3.05) is 0 Å². The van der Waals surface area contributed by atoms with Gasteiger partial charge in [0.2, 0.25) is 0 Å². The van der Waals surface area contributed by atoms with E-state index in [0.717, 1.165) is 48.8 Å². The highest BCUT2D eigenvalue weighted by molar-refractivity contribution is 9.10. The summed E-state index contributed by atoms with van der Waals surface area (Å²) in [6.45, 7) is 5.15. The van der Waals surface area contributed by atoms with Crippen LogP contribution >= 0.6 is 15.9 Å². The van der Waals surface area contributed by atoms with Crippen LogP contribution in [-0.2, 0) is 19.4 Å². The molecule has 0 spiro atoms. The van der Waals surface area contributed by atoms with Gasteiger partial charge >= 0.3 is 0 Å². The fourth-order valence-electron chi connectivity index (χ4n) is 2.69. The van der Waals surface area contributed by atoms with E-state index >= 15 is 0 Å². The largest absolute Gasteiger partial charge is 0.389 e. The van der Waals surface area contributed by atoms with Crippen molar-refractivity contribution in [1.29, 1.82) is 0 Å². The molecule has 0 radical (unpaired) electrons. The van der Waals surface area contributed by atoms with Crippen molar-refractivity contribution in [3.63, 3.8) is 0 Å². The zero-order valence-corrected chi connectivity index (χ0v) is 13.4. The number of rotatable bonds is 4. The molecule has 0 aromatic carbocycles. The first kappa shape index (κ1) is 14.8. The van der Waals surface area contributed by atoms with Crippen molar-refractivity contribution >= 4 is 15.9 Å². The number of aliphatic hydroxyl groups is 1. The topological polar surface area (TPSA) is 38.0 Å². The first-order valence-electron chi connectivity index (χ1n) is 7.27. The second kappa shape index (κ2) is 6.71. The molecule has 1 heterocycles. The molecule has 0 aliphatic heterocycles. The lowest BCUT2D eigenvalue weighted by Crippen LogP contribution is -2.06. The monoisotopic (exact) mass is 326 g/mol. The predicted octanol–water partition coefficient (Wildman–Crippen LogP) is 3.63. The van der Waals surface area contributed by atoms with Crippen LogP contribution in [0.1, 0.15) is 50.9 Å². The number of halogens is 1. The van der Waals surface area contributed by atoms with Gasteiger partial charge in [0.1, 0.15) is 0 Å². The average molecular weight is 327 g/mol. The summed E-state index contributed by atoms with van der Waals surface area (Å²) in [5.74, 6) is 0. The van der Waals surface area contributed by atoms with Gasteiger partial charge in [-0.25, -0.2) is 0 Å². The molecule has 0 fully saturated rings. The van der Waals surface area contributed by atoms with E-state index in [1.807, 2.05) is 0 Å². The van der Waals surface area contributed by atoms with Gasteiger partial charge in [-0.15, -0.1) is 0 Å². The third kappa shape index (κ3) is 3.48. The van der Waals surface area contributed by atoms with E-state index in [9.17, 15) is 5.11 Å². The number of aryl methyl sites for hydroxylation is 2. The van der Waals surface area contributed by atoms with Gasteiger partial charge in [0.15, 0.2) is 0 Å². The fraction of sp³-hybridized carbons (Fsp3) is 0.667. The molecule has 1 aliphatic rings. The van der Waals surface area contributed by atoms with Gasteiger partial charge in [-0.05, 0) is 48.5 Å². The summed E-state index contributed by atoms with van der Waals surface area (Å²) in [5.41, 5.74) is 3.73. The number of aliphatic hydroxyl groups excluding tert-OH is 1. The van der Waals surface area contributed by atoms with Crippen LogP contribution in [0.15, 0.2) is 16.1 Å². The molecule has 0 bridgehead atoms. The van der Waals surface area contributed by atoms with Gasteiger partial charge < -0.3 is 5.11 Å². The second-order valence-electron chi connectivity index (χ2n) is 5.19. The minimum Gasteiger partial charge on any atom is -0.389 e. The van der Waals surface area contributed by atoms with E-state index in [2.05, 4.69) is 45.6 Å². The summed E-state index contributed by atoms with van der Waals surface area (Å²) in [6.07, 6.45) is 7.94. The van der Waals surface area contributed by atoms with E-state index < -0.39 is 0 Å². The normalized spacial score (nSPS) is 20.2. The highest BCUT2D eigenvalue weighted by atomic mass is 79.9. The van der Waals surface area contributed by atoms with E-state index in [0.29, 0.717) is 0 Å².